The molecule has 0 amide bonds. The number of piperidine rings is 1. The maximum absolute atomic E-state index is 5.87. The first-order valence-electron chi connectivity index (χ1n) is 7.81. The molecular formula is C16H23N5O. The fraction of sp³-hybridized carbons (Fsp3) is 0.500. The van der Waals surface area contributed by atoms with Crippen molar-refractivity contribution in [2.45, 2.75) is 38.8 Å². The van der Waals surface area contributed by atoms with E-state index in [1.165, 1.54) is 0 Å². The highest BCUT2D eigenvalue weighted by Crippen LogP contribution is 2.28. The molecule has 0 bridgehead atoms. The first-order chi connectivity index (χ1) is 10.6. The second-order valence-electron chi connectivity index (χ2n) is 5.96. The second kappa shape index (κ2) is 6.36. The zero-order valence-electron chi connectivity index (χ0n) is 13.1. The summed E-state index contributed by atoms with van der Waals surface area (Å²) in [5, 5.41) is 7.89. The summed E-state index contributed by atoms with van der Waals surface area (Å²) >= 11 is 0. The molecule has 22 heavy (non-hydrogen) atoms. The third-order valence-electron chi connectivity index (χ3n) is 3.86. The first kappa shape index (κ1) is 14.8. The number of nitrogens with zero attached hydrogens (tertiary/aromatic N) is 3. The lowest BCUT2D eigenvalue weighted by Gasteiger charge is -2.22. The van der Waals surface area contributed by atoms with Gasteiger partial charge in [-0.2, -0.15) is 5.10 Å². The van der Waals surface area contributed by atoms with Crippen LogP contribution in [0.4, 0.5) is 5.82 Å². The molecule has 3 heterocycles. The summed E-state index contributed by atoms with van der Waals surface area (Å²) in [6, 6.07) is 2.41. The monoisotopic (exact) mass is 301 g/mol. The number of rotatable bonds is 4. The van der Waals surface area contributed by atoms with E-state index >= 15 is 0 Å². The molecule has 1 aliphatic rings. The van der Waals surface area contributed by atoms with Gasteiger partial charge < -0.3 is 15.8 Å². The van der Waals surface area contributed by atoms with Crippen molar-refractivity contribution < 1.29 is 4.74 Å². The molecule has 1 fully saturated rings. The summed E-state index contributed by atoms with van der Waals surface area (Å²) in [6.45, 7) is 6.05. The van der Waals surface area contributed by atoms with Crippen LogP contribution in [0.5, 0.6) is 5.75 Å². The molecule has 6 heteroatoms. The van der Waals surface area contributed by atoms with Gasteiger partial charge in [-0.3, -0.25) is 4.68 Å². The number of hydrogen-bond donors (Lipinski definition) is 2. The van der Waals surface area contributed by atoms with E-state index in [9.17, 15) is 0 Å². The maximum Gasteiger partial charge on any atom is 0.166 e. The fourth-order valence-electron chi connectivity index (χ4n) is 2.72. The van der Waals surface area contributed by atoms with Crippen molar-refractivity contribution in [2.24, 2.45) is 0 Å². The number of pyridine rings is 1. The van der Waals surface area contributed by atoms with Gasteiger partial charge in [0.1, 0.15) is 0 Å². The van der Waals surface area contributed by atoms with Gasteiger partial charge in [0.25, 0.3) is 0 Å². The molecule has 0 aliphatic carbocycles. The van der Waals surface area contributed by atoms with Crippen molar-refractivity contribution in [1.82, 2.24) is 20.1 Å². The number of aromatic nitrogens is 3. The van der Waals surface area contributed by atoms with Crippen molar-refractivity contribution >= 4 is 5.82 Å². The quantitative estimate of drug-likeness (QED) is 0.905. The Hall–Kier alpha value is -2.08. The Bertz CT molecular complexity index is 631. The third-order valence-corrected chi connectivity index (χ3v) is 3.86. The van der Waals surface area contributed by atoms with Crippen LogP contribution in [-0.4, -0.2) is 34.0 Å². The van der Waals surface area contributed by atoms with Crippen LogP contribution in [0.15, 0.2) is 24.7 Å². The molecule has 118 valence electrons. The number of nitrogen functional groups attached to an aromatic ring is 1. The summed E-state index contributed by atoms with van der Waals surface area (Å²) in [5.41, 5.74) is 7.89. The Morgan fingerprint density at radius 3 is 2.77 bits per heavy atom. The average molecular weight is 301 g/mol. The number of nitrogens with two attached hydrogens (primary N) is 1. The van der Waals surface area contributed by atoms with Crippen LogP contribution < -0.4 is 15.8 Å². The Morgan fingerprint density at radius 2 is 2.05 bits per heavy atom. The number of hydrogen-bond acceptors (Lipinski definition) is 5. The van der Waals surface area contributed by atoms with E-state index in [1.54, 1.807) is 6.20 Å². The number of ether oxygens (including phenoxy) is 1. The van der Waals surface area contributed by atoms with Gasteiger partial charge in [0, 0.05) is 23.5 Å². The van der Waals surface area contributed by atoms with Gasteiger partial charge in [0.15, 0.2) is 11.6 Å². The van der Waals surface area contributed by atoms with Crippen LogP contribution in [0, 0.1) is 0 Å². The molecule has 2 aromatic heterocycles. The summed E-state index contributed by atoms with van der Waals surface area (Å²) in [7, 11) is 0. The van der Waals surface area contributed by atoms with E-state index in [-0.39, 0.29) is 6.10 Å². The van der Waals surface area contributed by atoms with E-state index < -0.39 is 0 Å². The highest BCUT2D eigenvalue weighted by molar-refractivity contribution is 5.65. The molecular weight excluding hydrogens is 278 g/mol. The Balaban J connectivity index is 1.83. The van der Waals surface area contributed by atoms with Crippen LogP contribution >= 0.6 is 0 Å². The number of nitrogens with one attached hydrogen (secondary N) is 1. The molecule has 3 N–H and O–H groups in total. The van der Waals surface area contributed by atoms with Crippen molar-refractivity contribution in [2.75, 3.05) is 18.8 Å². The van der Waals surface area contributed by atoms with E-state index in [2.05, 4.69) is 26.3 Å². The second-order valence-corrected chi connectivity index (χ2v) is 5.96. The van der Waals surface area contributed by atoms with E-state index in [0.29, 0.717) is 17.6 Å². The minimum absolute atomic E-state index is 0.0665. The van der Waals surface area contributed by atoms with Crippen LogP contribution in [-0.2, 0) is 0 Å². The molecule has 0 spiro atoms. The van der Waals surface area contributed by atoms with Gasteiger partial charge in [0.05, 0.1) is 18.3 Å². The van der Waals surface area contributed by atoms with E-state index in [4.69, 9.17) is 10.5 Å². The van der Waals surface area contributed by atoms with Crippen molar-refractivity contribution in [3.63, 3.8) is 0 Å². The zero-order chi connectivity index (χ0) is 15.5. The fourth-order valence-corrected chi connectivity index (χ4v) is 2.72. The van der Waals surface area contributed by atoms with Crippen molar-refractivity contribution in [3.8, 4) is 16.9 Å². The van der Waals surface area contributed by atoms with Crippen LogP contribution in [0.25, 0.3) is 11.1 Å². The normalized spacial score (nSPS) is 16.1. The molecule has 2 aromatic rings. The molecule has 0 saturated carbocycles. The summed E-state index contributed by atoms with van der Waals surface area (Å²) < 4.78 is 7.77. The molecule has 6 nitrogen and oxygen atoms in total. The van der Waals surface area contributed by atoms with Gasteiger partial charge in [0.2, 0.25) is 0 Å². The Kier molecular flexibility index (Phi) is 4.29. The molecule has 0 radical (unpaired) electrons. The smallest absolute Gasteiger partial charge is 0.166 e. The Labute approximate surface area is 130 Å². The van der Waals surface area contributed by atoms with Gasteiger partial charge in [-0.1, -0.05) is 0 Å². The standard InChI is InChI=1S/C16H23N5O/c1-11(2)22-15-7-12(8-19-16(15)17)13-9-20-21(10-13)14-3-5-18-6-4-14/h7-11,14,18H,3-6H2,1-2H3,(H2,17,19). The van der Waals surface area contributed by atoms with Crippen LogP contribution in [0.2, 0.25) is 0 Å². The first-order valence-corrected chi connectivity index (χ1v) is 7.81. The largest absolute Gasteiger partial charge is 0.487 e. The van der Waals surface area contributed by atoms with Gasteiger partial charge in [-0.05, 0) is 45.8 Å². The van der Waals surface area contributed by atoms with E-state index in [0.717, 1.165) is 37.1 Å². The van der Waals surface area contributed by atoms with Crippen LogP contribution in [0.3, 0.4) is 0 Å². The predicted molar refractivity (Wildman–Crippen MR) is 86.8 cm³/mol. The van der Waals surface area contributed by atoms with Crippen molar-refractivity contribution in [3.05, 3.63) is 24.7 Å². The minimum atomic E-state index is 0.0665. The highest BCUT2D eigenvalue weighted by atomic mass is 16.5. The average Bonchev–Trinajstić information content (AvgIpc) is 3.00. The van der Waals surface area contributed by atoms with E-state index in [1.807, 2.05) is 26.1 Å². The summed E-state index contributed by atoms with van der Waals surface area (Å²) in [6.07, 6.45) is 8.03. The molecule has 0 unspecified atom stereocenters. The Morgan fingerprint density at radius 1 is 1.27 bits per heavy atom. The SMILES string of the molecule is CC(C)Oc1cc(-c2cnn(C3CCNCC3)c2)cnc1N. The van der Waals surface area contributed by atoms with Crippen molar-refractivity contribution in [1.29, 1.82) is 0 Å². The maximum atomic E-state index is 5.87. The van der Waals surface area contributed by atoms with Gasteiger partial charge >= 0.3 is 0 Å². The minimum Gasteiger partial charge on any atom is -0.487 e. The molecule has 0 aromatic carbocycles. The third kappa shape index (κ3) is 3.22. The van der Waals surface area contributed by atoms with Gasteiger partial charge in [-0.15, -0.1) is 0 Å². The molecule has 1 aliphatic heterocycles. The summed E-state index contributed by atoms with van der Waals surface area (Å²) in [5.74, 6) is 1.05. The lowest BCUT2D eigenvalue weighted by atomic mass is 10.1. The molecule has 3 rings (SSSR count). The highest BCUT2D eigenvalue weighted by Gasteiger charge is 2.16. The lowest BCUT2D eigenvalue weighted by molar-refractivity contribution is 0.243. The number of anilines is 1. The van der Waals surface area contributed by atoms with Gasteiger partial charge in [-0.25, -0.2) is 4.98 Å². The molecule has 0 atom stereocenters. The summed E-state index contributed by atoms with van der Waals surface area (Å²) in [4.78, 5) is 4.24. The predicted octanol–water partition coefficient (Wildman–Crippen LogP) is 2.24. The lowest BCUT2D eigenvalue weighted by Crippen LogP contribution is -2.29. The molecule has 1 saturated heterocycles. The topological polar surface area (TPSA) is 78.0 Å². The zero-order valence-corrected chi connectivity index (χ0v) is 13.1. The van der Waals surface area contributed by atoms with Crippen LogP contribution in [0.1, 0.15) is 32.7 Å².